The number of hydrogen-bond acceptors (Lipinski definition) is 3. The number of hydrogen-bond donors (Lipinski definition) is 1. The van der Waals surface area contributed by atoms with Crippen molar-refractivity contribution in [1.29, 1.82) is 0 Å². The largest absolute Gasteiger partial charge is 0.325 e. The number of rotatable bonds is 6. The molecule has 0 saturated heterocycles. The summed E-state index contributed by atoms with van der Waals surface area (Å²) in [6, 6.07) is 7.38. The first kappa shape index (κ1) is 16.4. The third-order valence-electron chi connectivity index (χ3n) is 3.10. The summed E-state index contributed by atoms with van der Waals surface area (Å²) in [5, 5.41) is 1.57. The van der Waals surface area contributed by atoms with Crippen molar-refractivity contribution in [1.82, 2.24) is 0 Å². The Kier molecular flexibility index (Phi) is 5.95. The maximum Gasteiger partial charge on any atom is 0.242 e. The predicted molar refractivity (Wildman–Crippen MR) is 82.5 cm³/mol. The first-order valence-electron chi connectivity index (χ1n) is 6.63. The first-order valence-corrected chi connectivity index (χ1v) is 8.34. The highest BCUT2D eigenvalue weighted by atomic mass is 32.2. The lowest BCUT2D eigenvalue weighted by molar-refractivity contribution is -0.115. The van der Waals surface area contributed by atoms with Crippen LogP contribution in [0.3, 0.4) is 0 Å². The molecule has 1 rings (SSSR count). The molecule has 0 radical (unpaired) electrons. The highest BCUT2D eigenvalue weighted by molar-refractivity contribution is 7.92. The van der Waals surface area contributed by atoms with Crippen molar-refractivity contribution in [2.75, 3.05) is 11.1 Å². The summed E-state index contributed by atoms with van der Waals surface area (Å²) in [6.45, 7) is 5.20. The van der Waals surface area contributed by atoms with E-state index in [1.165, 1.54) is 13.0 Å². The number of allylic oxidation sites excluding steroid dienone is 1. The number of anilines is 1. The summed E-state index contributed by atoms with van der Waals surface area (Å²) >= 11 is 0. The van der Waals surface area contributed by atoms with E-state index in [9.17, 15) is 13.2 Å². The van der Waals surface area contributed by atoms with Crippen LogP contribution in [0.15, 0.2) is 36.4 Å². The Balaban J connectivity index is 2.74. The molecule has 20 heavy (non-hydrogen) atoms. The maximum absolute atomic E-state index is 12.0. The highest BCUT2D eigenvalue weighted by Crippen LogP contribution is 2.12. The molecule has 0 aromatic heterocycles. The molecule has 1 aromatic rings. The van der Waals surface area contributed by atoms with Crippen molar-refractivity contribution >= 4 is 21.4 Å². The average Bonchev–Trinajstić information content (AvgIpc) is 2.45. The van der Waals surface area contributed by atoms with Crippen molar-refractivity contribution in [2.45, 2.75) is 32.4 Å². The van der Waals surface area contributed by atoms with Gasteiger partial charge >= 0.3 is 0 Å². The molecular weight excluding hydrogens is 274 g/mol. The predicted octanol–water partition coefficient (Wildman–Crippen LogP) is 2.57. The van der Waals surface area contributed by atoms with Crippen LogP contribution in [0.1, 0.15) is 26.3 Å². The first-order chi connectivity index (χ1) is 9.40. The normalized spacial score (nSPS) is 13.3. The van der Waals surface area contributed by atoms with E-state index < -0.39 is 21.0 Å². The number of nitrogens with one attached hydrogen (secondary N) is 1. The van der Waals surface area contributed by atoms with E-state index in [1.807, 2.05) is 19.1 Å². The van der Waals surface area contributed by atoms with E-state index in [4.69, 9.17) is 0 Å². The third kappa shape index (κ3) is 4.49. The van der Waals surface area contributed by atoms with Gasteiger partial charge in [0.05, 0.1) is 5.75 Å². The standard InChI is InChI=1S/C15H21NO3S/c1-4-6-11-20(18,19)12(3)15(17)16-14-9-7-13(5-2)8-10-14/h4,6-10,12H,5,11H2,1-3H3,(H,16,17). The molecular formula is C15H21NO3S. The van der Waals surface area contributed by atoms with Gasteiger partial charge in [-0.2, -0.15) is 0 Å². The van der Waals surface area contributed by atoms with Crippen molar-refractivity contribution in [3.05, 3.63) is 42.0 Å². The molecule has 1 amide bonds. The van der Waals surface area contributed by atoms with Gasteiger partial charge in [-0.3, -0.25) is 4.79 Å². The summed E-state index contributed by atoms with van der Waals surface area (Å²) in [5.41, 5.74) is 1.78. The Morgan fingerprint density at radius 1 is 1.30 bits per heavy atom. The lowest BCUT2D eigenvalue weighted by atomic mass is 10.1. The van der Waals surface area contributed by atoms with E-state index in [2.05, 4.69) is 5.32 Å². The van der Waals surface area contributed by atoms with Gasteiger partial charge in [0.2, 0.25) is 5.91 Å². The average molecular weight is 295 g/mol. The van der Waals surface area contributed by atoms with Crippen LogP contribution < -0.4 is 5.32 Å². The zero-order valence-electron chi connectivity index (χ0n) is 12.1. The number of carbonyl (C=O) groups excluding carboxylic acids is 1. The molecule has 0 aliphatic rings. The second kappa shape index (κ2) is 7.24. The molecule has 4 nitrogen and oxygen atoms in total. The zero-order chi connectivity index (χ0) is 15.2. The van der Waals surface area contributed by atoms with E-state index in [1.54, 1.807) is 25.1 Å². The molecule has 0 heterocycles. The molecule has 1 unspecified atom stereocenters. The van der Waals surface area contributed by atoms with Crippen molar-refractivity contribution in [3.8, 4) is 0 Å². The molecule has 1 N–H and O–H groups in total. The van der Waals surface area contributed by atoms with Crippen LogP contribution in [0.5, 0.6) is 0 Å². The molecule has 0 fully saturated rings. The van der Waals surface area contributed by atoms with Crippen molar-refractivity contribution < 1.29 is 13.2 Å². The van der Waals surface area contributed by atoms with E-state index in [0.29, 0.717) is 5.69 Å². The van der Waals surface area contributed by atoms with Crippen molar-refractivity contribution in [3.63, 3.8) is 0 Å². The van der Waals surface area contributed by atoms with Crippen LogP contribution in [0.4, 0.5) is 5.69 Å². The monoisotopic (exact) mass is 295 g/mol. The van der Waals surface area contributed by atoms with Gasteiger partial charge in [-0.25, -0.2) is 8.42 Å². The fourth-order valence-electron chi connectivity index (χ4n) is 1.61. The van der Waals surface area contributed by atoms with Crippen LogP contribution >= 0.6 is 0 Å². The van der Waals surface area contributed by atoms with Crippen LogP contribution in [0.25, 0.3) is 0 Å². The summed E-state index contributed by atoms with van der Waals surface area (Å²) in [6.07, 6.45) is 4.11. The topological polar surface area (TPSA) is 63.2 Å². The molecule has 0 saturated carbocycles. The summed E-state index contributed by atoms with van der Waals surface area (Å²) in [5.74, 6) is -0.619. The summed E-state index contributed by atoms with van der Waals surface area (Å²) < 4.78 is 23.8. The molecule has 0 aliphatic carbocycles. The van der Waals surface area contributed by atoms with E-state index in [0.717, 1.165) is 12.0 Å². The third-order valence-corrected chi connectivity index (χ3v) is 5.05. The van der Waals surface area contributed by atoms with Crippen LogP contribution in [0.2, 0.25) is 0 Å². The molecule has 1 aromatic carbocycles. The highest BCUT2D eigenvalue weighted by Gasteiger charge is 2.26. The number of aryl methyl sites for hydroxylation is 1. The Bertz CT molecular complexity index is 574. The maximum atomic E-state index is 12.0. The summed E-state index contributed by atoms with van der Waals surface area (Å²) in [7, 11) is -3.45. The van der Waals surface area contributed by atoms with Gasteiger partial charge in [0, 0.05) is 5.69 Å². The van der Waals surface area contributed by atoms with Gasteiger partial charge in [0.25, 0.3) is 0 Å². The fourth-order valence-corrected chi connectivity index (χ4v) is 2.74. The number of carbonyl (C=O) groups is 1. The molecule has 0 bridgehead atoms. The quantitative estimate of drug-likeness (QED) is 0.820. The second-order valence-electron chi connectivity index (χ2n) is 4.58. The lowest BCUT2D eigenvalue weighted by Gasteiger charge is -2.12. The smallest absolute Gasteiger partial charge is 0.242 e. The van der Waals surface area contributed by atoms with Gasteiger partial charge in [-0.05, 0) is 38.0 Å². The lowest BCUT2D eigenvalue weighted by Crippen LogP contribution is -2.33. The van der Waals surface area contributed by atoms with Gasteiger partial charge in [-0.15, -0.1) is 0 Å². The SMILES string of the molecule is CC=CCS(=O)(=O)C(C)C(=O)Nc1ccc(CC)cc1. The van der Waals surface area contributed by atoms with Gasteiger partial charge < -0.3 is 5.32 Å². The minimum Gasteiger partial charge on any atom is -0.325 e. The number of benzene rings is 1. The molecule has 110 valence electrons. The molecule has 1 atom stereocenters. The molecule has 5 heteroatoms. The molecule has 0 spiro atoms. The number of amides is 1. The Morgan fingerprint density at radius 2 is 1.90 bits per heavy atom. The minimum absolute atomic E-state index is 0.118. The Hall–Kier alpha value is -1.62. The minimum atomic E-state index is -3.45. The van der Waals surface area contributed by atoms with Crippen LogP contribution in [-0.4, -0.2) is 25.3 Å². The van der Waals surface area contributed by atoms with Crippen molar-refractivity contribution in [2.24, 2.45) is 0 Å². The fraction of sp³-hybridized carbons (Fsp3) is 0.400. The van der Waals surface area contributed by atoms with Crippen LogP contribution in [0, 0.1) is 0 Å². The second-order valence-corrected chi connectivity index (χ2v) is 6.95. The molecule has 0 aliphatic heterocycles. The van der Waals surface area contributed by atoms with Crippen LogP contribution in [-0.2, 0) is 21.1 Å². The zero-order valence-corrected chi connectivity index (χ0v) is 12.9. The van der Waals surface area contributed by atoms with Gasteiger partial charge in [0.15, 0.2) is 9.84 Å². The van der Waals surface area contributed by atoms with Gasteiger partial charge in [-0.1, -0.05) is 31.2 Å². The van der Waals surface area contributed by atoms with E-state index in [-0.39, 0.29) is 5.75 Å². The number of sulfone groups is 1. The Labute approximate surface area is 120 Å². The summed E-state index contributed by atoms with van der Waals surface area (Å²) in [4.78, 5) is 12.0. The van der Waals surface area contributed by atoms with Gasteiger partial charge in [0.1, 0.15) is 5.25 Å². The van der Waals surface area contributed by atoms with E-state index >= 15 is 0 Å². The Morgan fingerprint density at radius 3 is 2.40 bits per heavy atom.